The van der Waals surface area contributed by atoms with Crippen LogP contribution in [-0.4, -0.2) is 37.7 Å². The zero-order valence-corrected chi connectivity index (χ0v) is 15.9. The van der Waals surface area contributed by atoms with E-state index in [9.17, 15) is 19.6 Å². The Morgan fingerprint density at radius 3 is 1.78 bits per heavy atom. The van der Waals surface area contributed by atoms with Gasteiger partial charge >= 0.3 is 17.9 Å². The summed E-state index contributed by atoms with van der Waals surface area (Å²) in [7, 11) is 0. The third-order valence-corrected chi connectivity index (χ3v) is 4.78. The molecular weight excluding hydrogens is 350 g/mol. The van der Waals surface area contributed by atoms with E-state index in [0.29, 0.717) is 5.56 Å². The number of carbonyl (C=O) groups is 3. The van der Waals surface area contributed by atoms with Gasteiger partial charge in [-0.25, -0.2) is 0 Å². The third-order valence-electron chi connectivity index (χ3n) is 4.78. The summed E-state index contributed by atoms with van der Waals surface area (Å²) in [6, 6.07) is 8.83. The molecule has 0 bridgehead atoms. The van der Waals surface area contributed by atoms with Crippen LogP contribution >= 0.6 is 0 Å². The van der Waals surface area contributed by atoms with Crippen molar-refractivity contribution in [1.29, 1.82) is 5.26 Å². The van der Waals surface area contributed by atoms with Crippen LogP contribution in [0.4, 0.5) is 0 Å². The quantitative estimate of drug-likeness (QED) is 0.410. The van der Waals surface area contributed by atoms with Crippen LogP contribution in [0.2, 0.25) is 0 Å². The molecule has 0 aliphatic heterocycles. The Hall–Kier alpha value is -2.88. The molecule has 2 atom stereocenters. The molecule has 1 aliphatic rings. The lowest BCUT2D eigenvalue weighted by Crippen LogP contribution is -2.39. The molecule has 7 nitrogen and oxygen atoms in total. The molecule has 27 heavy (non-hydrogen) atoms. The van der Waals surface area contributed by atoms with Crippen molar-refractivity contribution in [2.45, 2.75) is 33.6 Å². The number of ether oxygens (including phenoxy) is 3. The van der Waals surface area contributed by atoms with Crippen molar-refractivity contribution in [3.05, 3.63) is 35.4 Å². The highest BCUT2D eigenvalue weighted by Gasteiger charge is 2.92. The minimum absolute atomic E-state index is 0.00458. The second kappa shape index (κ2) is 7.78. The minimum atomic E-state index is -2.09. The molecule has 0 amide bonds. The Balaban J connectivity index is 2.72. The van der Waals surface area contributed by atoms with Gasteiger partial charge in [-0.15, -0.1) is 0 Å². The fraction of sp³-hybridized carbons (Fsp3) is 0.500. The summed E-state index contributed by atoms with van der Waals surface area (Å²) in [6.45, 7) is 6.61. The molecule has 7 heteroatoms. The van der Waals surface area contributed by atoms with Crippen LogP contribution in [0, 0.1) is 29.1 Å². The lowest BCUT2D eigenvalue weighted by molar-refractivity contribution is -0.170. The van der Waals surface area contributed by atoms with Crippen molar-refractivity contribution in [1.82, 2.24) is 0 Å². The third kappa shape index (κ3) is 2.85. The molecule has 2 rings (SSSR count). The van der Waals surface area contributed by atoms with Crippen molar-refractivity contribution in [2.24, 2.45) is 10.8 Å². The largest absolute Gasteiger partial charge is 0.465 e. The highest BCUT2D eigenvalue weighted by Crippen LogP contribution is 2.75. The van der Waals surface area contributed by atoms with Crippen molar-refractivity contribution in [2.75, 3.05) is 19.8 Å². The molecule has 0 heterocycles. The summed E-state index contributed by atoms with van der Waals surface area (Å²) >= 11 is 0. The van der Waals surface area contributed by atoms with Gasteiger partial charge in [0.05, 0.1) is 25.9 Å². The SMILES string of the molecule is CCOC(=O)C1(C(=O)OCC)[C@@H](c2ccc(C)cc2)[C@]1(C#N)C(=O)OCC. The molecule has 1 aliphatic carbocycles. The van der Waals surface area contributed by atoms with E-state index in [1.165, 1.54) is 0 Å². The lowest BCUT2D eigenvalue weighted by atomic mass is 9.93. The fourth-order valence-corrected chi connectivity index (χ4v) is 3.59. The Labute approximate surface area is 158 Å². The van der Waals surface area contributed by atoms with Gasteiger partial charge in [-0.2, -0.15) is 5.26 Å². The van der Waals surface area contributed by atoms with Gasteiger partial charge in [0.1, 0.15) is 0 Å². The van der Waals surface area contributed by atoms with Crippen LogP contribution in [-0.2, 0) is 28.6 Å². The van der Waals surface area contributed by atoms with E-state index in [0.717, 1.165) is 5.56 Å². The zero-order valence-electron chi connectivity index (χ0n) is 15.9. The summed E-state index contributed by atoms with van der Waals surface area (Å²) in [6.07, 6.45) is 0. The number of hydrogen-bond acceptors (Lipinski definition) is 7. The smallest absolute Gasteiger partial charge is 0.329 e. The molecule has 1 saturated carbocycles. The number of benzene rings is 1. The van der Waals surface area contributed by atoms with E-state index >= 15 is 0 Å². The lowest BCUT2D eigenvalue weighted by Gasteiger charge is -2.17. The number of aryl methyl sites for hydroxylation is 1. The Morgan fingerprint density at radius 1 is 0.926 bits per heavy atom. The number of carbonyl (C=O) groups excluding carboxylic acids is 3. The predicted molar refractivity (Wildman–Crippen MR) is 94.3 cm³/mol. The first-order valence-corrected chi connectivity index (χ1v) is 8.87. The maximum Gasteiger partial charge on any atom is 0.329 e. The second-order valence-corrected chi connectivity index (χ2v) is 6.23. The molecule has 0 radical (unpaired) electrons. The molecule has 0 N–H and O–H groups in total. The highest BCUT2D eigenvalue weighted by molar-refractivity contribution is 6.15. The number of hydrogen-bond donors (Lipinski definition) is 0. The summed E-state index contributed by atoms with van der Waals surface area (Å²) in [5.74, 6) is -3.89. The number of nitrogens with zero attached hydrogens (tertiary/aromatic N) is 1. The first kappa shape index (κ1) is 20.4. The van der Waals surface area contributed by atoms with E-state index in [1.54, 1.807) is 45.0 Å². The predicted octanol–water partition coefficient (Wildman–Crippen LogP) is 2.28. The monoisotopic (exact) mass is 373 g/mol. The Morgan fingerprint density at radius 2 is 1.37 bits per heavy atom. The first-order valence-electron chi connectivity index (χ1n) is 8.87. The molecule has 0 saturated heterocycles. The Kier molecular flexibility index (Phi) is 5.89. The van der Waals surface area contributed by atoms with Crippen LogP contribution in [0.1, 0.15) is 37.8 Å². The average Bonchev–Trinajstić information content (AvgIpc) is 3.29. The Bertz CT molecular complexity index is 761. The molecule has 1 fully saturated rings. The van der Waals surface area contributed by atoms with Crippen LogP contribution in [0.5, 0.6) is 0 Å². The molecule has 0 unspecified atom stereocenters. The van der Waals surface area contributed by atoms with Crippen LogP contribution in [0.3, 0.4) is 0 Å². The number of esters is 3. The van der Waals surface area contributed by atoms with Gasteiger partial charge in [0, 0.05) is 5.92 Å². The summed E-state index contributed by atoms with van der Waals surface area (Å²) in [4.78, 5) is 38.6. The molecule has 0 spiro atoms. The van der Waals surface area contributed by atoms with Gasteiger partial charge in [0.2, 0.25) is 5.41 Å². The highest BCUT2D eigenvalue weighted by atomic mass is 16.6. The average molecular weight is 373 g/mol. The van der Waals surface area contributed by atoms with Gasteiger partial charge in [0.25, 0.3) is 0 Å². The summed E-state index contributed by atoms with van der Waals surface area (Å²) < 4.78 is 15.3. The summed E-state index contributed by atoms with van der Waals surface area (Å²) in [5.41, 5.74) is -2.67. The second-order valence-electron chi connectivity index (χ2n) is 6.23. The number of nitriles is 1. The van der Waals surface area contributed by atoms with E-state index in [1.807, 2.05) is 13.0 Å². The standard InChI is InChI=1S/C20H23NO6/c1-5-25-16(22)19(12-21)15(14-10-8-13(4)9-11-14)20(19,17(23)26-6-2)18(24)27-7-3/h8-11,15H,5-7H2,1-4H3/t15-,19+/m0/s1. The van der Waals surface area contributed by atoms with Gasteiger partial charge < -0.3 is 14.2 Å². The van der Waals surface area contributed by atoms with Crippen molar-refractivity contribution >= 4 is 17.9 Å². The first-order chi connectivity index (χ1) is 12.9. The van der Waals surface area contributed by atoms with E-state index in [2.05, 4.69) is 0 Å². The van der Waals surface area contributed by atoms with Crippen LogP contribution in [0.15, 0.2) is 24.3 Å². The zero-order chi connectivity index (χ0) is 20.2. The van der Waals surface area contributed by atoms with Gasteiger partial charge in [0.15, 0.2) is 5.41 Å². The topological polar surface area (TPSA) is 103 Å². The molecule has 1 aromatic rings. The van der Waals surface area contributed by atoms with Crippen LogP contribution in [0.25, 0.3) is 0 Å². The maximum absolute atomic E-state index is 12.9. The fourth-order valence-electron chi connectivity index (χ4n) is 3.59. The van der Waals surface area contributed by atoms with Gasteiger partial charge in [-0.1, -0.05) is 29.8 Å². The van der Waals surface area contributed by atoms with Crippen molar-refractivity contribution in [3.8, 4) is 6.07 Å². The minimum Gasteiger partial charge on any atom is -0.465 e. The number of rotatable bonds is 7. The normalized spacial score (nSPS) is 22.3. The molecule has 1 aromatic carbocycles. The van der Waals surface area contributed by atoms with Crippen molar-refractivity contribution in [3.63, 3.8) is 0 Å². The van der Waals surface area contributed by atoms with E-state index in [4.69, 9.17) is 14.2 Å². The van der Waals surface area contributed by atoms with Gasteiger partial charge in [-0.3, -0.25) is 14.4 Å². The van der Waals surface area contributed by atoms with Crippen molar-refractivity contribution < 1.29 is 28.6 Å². The maximum atomic E-state index is 12.9. The van der Waals surface area contributed by atoms with Gasteiger partial charge in [-0.05, 0) is 33.3 Å². The summed E-state index contributed by atoms with van der Waals surface area (Å²) in [5, 5.41) is 9.94. The van der Waals surface area contributed by atoms with E-state index < -0.39 is 34.7 Å². The molecular formula is C20H23NO6. The molecule has 0 aromatic heterocycles. The van der Waals surface area contributed by atoms with Crippen LogP contribution < -0.4 is 0 Å². The molecule has 144 valence electrons. The van der Waals surface area contributed by atoms with E-state index in [-0.39, 0.29) is 19.8 Å².